The molecule has 2 aromatic rings. The van der Waals surface area contributed by atoms with Crippen LogP contribution in [-0.2, 0) is 0 Å². The van der Waals surface area contributed by atoms with Crippen molar-refractivity contribution >= 4 is 27.5 Å². The molecule has 0 aliphatic heterocycles. The standard InChI is InChI=1S/C15H15BrN2O2/c1-3-20-14-7-6-12(9-17-14)18-15(19)11-5-4-10(2)13(16)8-11/h4-9H,3H2,1-2H3,(H,18,19). The minimum atomic E-state index is -0.170. The van der Waals surface area contributed by atoms with E-state index in [1.807, 2.05) is 19.9 Å². The maximum absolute atomic E-state index is 12.1. The Kier molecular flexibility index (Phi) is 4.74. The van der Waals surface area contributed by atoms with E-state index in [2.05, 4.69) is 26.2 Å². The van der Waals surface area contributed by atoms with Crippen LogP contribution in [0.3, 0.4) is 0 Å². The van der Waals surface area contributed by atoms with Crippen molar-refractivity contribution in [1.82, 2.24) is 4.98 Å². The van der Waals surface area contributed by atoms with Gasteiger partial charge in [0.25, 0.3) is 5.91 Å². The first-order valence-corrected chi connectivity index (χ1v) is 7.06. The summed E-state index contributed by atoms with van der Waals surface area (Å²) >= 11 is 3.42. The van der Waals surface area contributed by atoms with Crippen LogP contribution in [0.5, 0.6) is 5.88 Å². The van der Waals surface area contributed by atoms with Crippen LogP contribution in [0.15, 0.2) is 41.0 Å². The van der Waals surface area contributed by atoms with E-state index in [1.54, 1.807) is 30.5 Å². The van der Waals surface area contributed by atoms with Crippen LogP contribution in [0.4, 0.5) is 5.69 Å². The number of ether oxygens (including phenoxy) is 1. The van der Waals surface area contributed by atoms with Crippen molar-refractivity contribution in [3.63, 3.8) is 0 Å². The summed E-state index contributed by atoms with van der Waals surface area (Å²) in [6, 6.07) is 8.98. The van der Waals surface area contributed by atoms with E-state index in [9.17, 15) is 4.79 Å². The fraction of sp³-hybridized carbons (Fsp3) is 0.200. The maximum Gasteiger partial charge on any atom is 0.255 e. The molecule has 0 saturated carbocycles. The van der Waals surface area contributed by atoms with E-state index in [4.69, 9.17) is 4.74 Å². The Morgan fingerprint density at radius 3 is 2.75 bits per heavy atom. The average molecular weight is 335 g/mol. The fourth-order valence-electron chi connectivity index (χ4n) is 1.62. The number of halogens is 1. The number of nitrogens with zero attached hydrogens (tertiary/aromatic N) is 1. The summed E-state index contributed by atoms with van der Waals surface area (Å²) in [5.41, 5.74) is 2.32. The van der Waals surface area contributed by atoms with Gasteiger partial charge in [-0.3, -0.25) is 4.79 Å². The second kappa shape index (κ2) is 6.52. The molecule has 0 aliphatic rings. The lowest BCUT2D eigenvalue weighted by atomic mass is 10.1. The number of benzene rings is 1. The van der Waals surface area contributed by atoms with Crippen molar-refractivity contribution in [2.75, 3.05) is 11.9 Å². The predicted octanol–water partition coefficient (Wildman–Crippen LogP) is 3.80. The van der Waals surface area contributed by atoms with Gasteiger partial charge >= 0.3 is 0 Å². The molecule has 1 amide bonds. The Bertz CT molecular complexity index is 612. The number of hydrogen-bond acceptors (Lipinski definition) is 3. The van der Waals surface area contributed by atoms with Gasteiger partial charge in [0.2, 0.25) is 5.88 Å². The Morgan fingerprint density at radius 1 is 1.35 bits per heavy atom. The first-order valence-electron chi connectivity index (χ1n) is 6.26. The third-order valence-electron chi connectivity index (χ3n) is 2.72. The van der Waals surface area contributed by atoms with E-state index in [1.165, 1.54) is 0 Å². The van der Waals surface area contributed by atoms with E-state index < -0.39 is 0 Å². The Labute approximate surface area is 126 Å². The highest BCUT2D eigenvalue weighted by molar-refractivity contribution is 9.10. The number of pyridine rings is 1. The SMILES string of the molecule is CCOc1ccc(NC(=O)c2ccc(C)c(Br)c2)cn1. The molecule has 1 aromatic carbocycles. The van der Waals surface area contributed by atoms with E-state index >= 15 is 0 Å². The molecule has 0 aliphatic carbocycles. The molecule has 0 bridgehead atoms. The summed E-state index contributed by atoms with van der Waals surface area (Å²) in [6.07, 6.45) is 1.58. The fourth-order valence-corrected chi connectivity index (χ4v) is 2.00. The van der Waals surface area contributed by atoms with Crippen molar-refractivity contribution in [2.24, 2.45) is 0 Å². The Balaban J connectivity index is 2.08. The van der Waals surface area contributed by atoms with Crippen molar-refractivity contribution in [3.8, 4) is 5.88 Å². The molecule has 20 heavy (non-hydrogen) atoms. The summed E-state index contributed by atoms with van der Waals surface area (Å²) in [6.45, 7) is 4.44. The van der Waals surface area contributed by atoms with Gasteiger partial charge < -0.3 is 10.1 Å². The van der Waals surface area contributed by atoms with Crippen LogP contribution in [0.25, 0.3) is 0 Å². The van der Waals surface area contributed by atoms with Crippen molar-refractivity contribution in [3.05, 3.63) is 52.1 Å². The minimum absolute atomic E-state index is 0.170. The predicted molar refractivity (Wildman–Crippen MR) is 82.2 cm³/mol. The molecule has 1 heterocycles. The highest BCUT2D eigenvalue weighted by Crippen LogP contribution is 2.19. The summed E-state index contributed by atoms with van der Waals surface area (Å²) < 4.78 is 6.16. The van der Waals surface area contributed by atoms with Gasteiger partial charge in [-0.1, -0.05) is 22.0 Å². The van der Waals surface area contributed by atoms with Crippen molar-refractivity contribution < 1.29 is 9.53 Å². The first kappa shape index (κ1) is 14.5. The molecule has 1 N–H and O–H groups in total. The molecule has 0 fully saturated rings. The maximum atomic E-state index is 12.1. The van der Waals surface area contributed by atoms with E-state index in [0.29, 0.717) is 23.7 Å². The van der Waals surface area contributed by atoms with Crippen LogP contribution >= 0.6 is 15.9 Å². The van der Waals surface area contributed by atoms with Gasteiger partial charge in [-0.2, -0.15) is 0 Å². The molecule has 1 aromatic heterocycles. The van der Waals surface area contributed by atoms with Gasteiger partial charge in [0, 0.05) is 16.1 Å². The monoisotopic (exact) mass is 334 g/mol. The number of amides is 1. The summed E-state index contributed by atoms with van der Waals surface area (Å²) in [5.74, 6) is 0.375. The first-order chi connectivity index (χ1) is 9.60. The molecule has 0 atom stereocenters. The zero-order chi connectivity index (χ0) is 14.5. The van der Waals surface area contributed by atoms with Crippen LogP contribution in [0, 0.1) is 6.92 Å². The molecular formula is C15H15BrN2O2. The van der Waals surface area contributed by atoms with Crippen molar-refractivity contribution in [1.29, 1.82) is 0 Å². The van der Waals surface area contributed by atoms with Crippen LogP contribution in [-0.4, -0.2) is 17.5 Å². The quantitative estimate of drug-likeness (QED) is 0.925. The molecule has 0 radical (unpaired) electrons. The van der Waals surface area contributed by atoms with Gasteiger partial charge in [-0.25, -0.2) is 4.98 Å². The number of carbonyl (C=O) groups is 1. The molecule has 0 unspecified atom stereocenters. The lowest BCUT2D eigenvalue weighted by molar-refractivity contribution is 0.102. The van der Waals surface area contributed by atoms with Crippen LogP contribution < -0.4 is 10.1 Å². The smallest absolute Gasteiger partial charge is 0.255 e. The Morgan fingerprint density at radius 2 is 2.15 bits per heavy atom. The number of anilines is 1. The molecule has 0 saturated heterocycles. The second-order valence-corrected chi connectivity index (χ2v) is 5.09. The van der Waals surface area contributed by atoms with Crippen LogP contribution in [0.1, 0.15) is 22.8 Å². The molecule has 2 rings (SSSR count). The highest BCUT2D eigenvalue weighted by Gasteiger charge is 2.08. The summed E-state index contributed by atoms with van der Waals surface area (Å²) in [4.78, 5) is 16.2. The summed E-state index contributed by atoms with van der Waals surface area (Å²) in [7, 11) is 0. The molecular weight excluding hydrogens is 320 g/mol. The highest BCUT2D eigenvalue weighted by atomic mass is 79.9. The van der Waals surface area contributed by atoms with E-state index in [0.717, 1.165) is 10.0 Å². The number of nitrogens with one attached hydrogen (secondary N) is 1. The number of aryl methyl sites for hydroxylation is 1. The topological polar surface area (TPSA) is 51.2 Å². The number of carbonyl (C=O) groups excluding carboxylic acids is 1. The van der Waals surface area contributed by atoms with Gasteiger partial charge in [0.05, 0.1) is 18.5 Å². The zero-order valence-electron chi connectivity index (χ0n) is 11.3. The average Bonchev–Trinajstić information content (AvgIpc) is 2.44. The second-order valence-electron chi connectivity index (χ2n) is 4.24. The van der Waals surface area contributed by atoms with Crippen molar-refractivity contribution in [2.45, 2.75) is 13.8 Å². The minimum Gasteiger partial charge on any atom is -0.478 e. The van der Waals surface area contributed by atoms with E-state index in [-0.39, 0.29) is 5.91 Å². The lowest BCUT2D eigenvalue weighted by Crippen LogP contribution is -2.12. The number of rotatable bonds is 4. The lowest BCUT2D eigenvalue weighted by Gasteiger charge is -2.07. The molecule has 5 heteroatoms. The summed E-state index contributed by atoms with van der Waals surface area (Å²) in [5, 5.41) is 2.80. The third kappa shape index (κ3) is 3.57. The largest absolute Gasteiger partial charge is 0.478 e. The molecule has 0 spiro atoms. The van der Waals surface area contributed by atoms with Gasteiger partial charge in [0.15, 0.2) is 0 Å². The van der Waals surface area contributed by atoms with Gasteiger partial charge in [0.1, 0.15) is 0 Å². The van der Waals surface area contributed by atoms with Crippen LogP contribution in [0.2, 0.25) is 0 Å². The number of hydrogen-bond donors (Lipinski definition) is 1. The van der Waals surface area contributed by atoms with Gasteiger partial charge in [-0.15, -0.1) is 0 Å². The zero-order valence-corrected chi connectivity index (χ0v) is 12.9. The normalized spacial score (nSPS) is 10.2. The number of aromatic nitrogens is 1. The molecule has 4 nitrogen and oxygen atoms in total. The third-order valence-corrected chi connectivity index (χ3v) is 3.57. The Hall–Kier alpha value is -1.88. The van der Waals surface area contributed by atoms with Gasteiger partial charge in [-0.05, 0) is 37.6 Å². The molecule has 104 valence electrons.